The number of amides is 1. The molecule has 3 aromatic rings. The van der Waals surface area contributed by atoms with Gasteiger partial charge in [-0.1, -0.05) is 18.6 Å². The number of benzene rings is 1. The van der Waals surface area contributed by atoms with E-state index in [1.165, 1.54) is 11.1 Å². The van der Waals surface area contributed by atoms with E-state index in [4.69, 9.17) is 4.98 Å². The highest BCUT2D eigenvalue weighted by molar-refractivity contribution is 7.18. The summed E-state index contributed by atoms with van der Waals surface area (Å²) in [6, 6.07) is 10.4. The minimum atomic E-state index is 0.219. The fourth-order valence-corrected chi connectivity index (χ4v) is 5.51. The zero-order valence-corrected chi connectivity index (χ0v) is 17.8. The van der Waals surface area contributed by atoms with E-state index in [9.17, 15) is 4.79 Å². The second-order valence-corrected chi connectivity index (χ2v) is 8.98. The van der Waals surface area contributed by atoms with Crippen LogP contribution < -0.4 is 4.90 Å². The van der Waals surface area contributed by atoms with Crippen molar-refractivity contribution in [2.75, 3.05) is 44.2 Å². The van der Waals surface area contributed by atoms with Crippen molar-refractivity contribution in [1.82, 2.24) is 24.8 Å². The minimum absolute atomic E-state index is 0.219. The number of likely N-dealkylation sites (tertiary alicyclic amines) is 1. The van der Waals surface area contributed by atoms with Gasteiger partial charge in [0.25, 0.3) is 0 Å². The van der Waals surface area contributed by atoms with Crippen molar-refractivity contribution in [3.8, 4) is 0 Å². The molecule has 30 heavy (non-hydrogen) atoms. The molecule has 8 heteroatoms. The van der Waals surface area contributed by atoms with E-state index in [1.54, 1.807) is 23.7 Å². The number of nitrogens with zero attached hydrogens (tertiary/aromatic N) is 6. The number of rotatable bonds is 4. The standard InChI is InChI=1S/C22H26N6OS/c29-20(26-12-14-27(15-13-26)22-23-9-5-10-24-22)16-28-11-4-3-7-18(28)21-25-17-6-1-2-8-19(17)30-21/h1-2,5-6,8-10,18H,3-4,7,11-16H2/t18-/m1/s1. The van der Waals surface area contributed by atoms with Crippen LogP contribution in [0.3, 0.4) is 0 Å². The molecule has 1 aromatic carbocycles. The third kappa shape index (κ3) is 4.02. The van der Waals surface area contributed by atoms with Crippen LogP contribution >= 0.6 is 11.3 Å². The molecular weight excluding hydrogens is 396 g/mol. The summed E-state index contributed by atoms with van der Waals surface area (Å²) in [7, 11) is 0. The van der Waals surface area contributed by atoms with Crippen LogP contribution in [0.4, 0.5) is 5.95 Å². The lowest BCUT2D eigenvalue weighted by molar-refractivity contribution is -0.133. The molecule has 1 amide bonds. The molecule has 0 spiro atoms. The van der Waals surface area contributed by atoms with Gasteiger partial charge in [0.1, 0.15) is 5.01 Å². The summed E-state index contributed by atoms with van der Waals surface area (Å²) in [5, 5.41) is 1.15. The van der Waals surface area contributed by atoms with E-state index < -0.39 is 0 Å². The van der Waals surface area contributed by atoms with Gasteiger partial charge in [-0.05, 0) is 37.6 Å². The van der Waals surface area contributed by atoms with Crippen LogP contribution in [-0.4, -0.2) is 69.9 Å². The van der Waals surface area contributed by atoms with E-state index >= 15 is 0 Å². The van der Waals surface area contributed by atoms with E-state index in [2.05, 4.69) is 38.0 Å². The zero-order chi connectivity index (χ0) is 20.3. The summed E-state index contributed by atoms with van der Waals surface area (Å²) in [6.07, 6.45) is 6.94. The Morgan fingerprint density at radius 3 is 2.60 bits per heavy atom. The molecule has 156 valence electrons. The van der Waals surface area contributed by atoms with Crippen LogP contribution in [0.2, 0.25) is 0 Å². The van der Waals surface area contributed by atoms with Gasteiger partial charge in [-0.2, -0.15) is 0 Å². The summed E-state index contributed by atoms with van der Waals surface area (Å²) in [6.45, 7) is 4.42. The second-order valence-electron chi connectivity index (χ2n) is 7.92. The monoisotopic (exact) mass is 422 g/mol. The molecule has 0 saturated carbocycles. The number of fused-ring (bicyclic) bond motifs is 1. The van der Waals surface area contributed by atoms with Crippen molar-refractivity contribution < 1.29 is 4.79 Å². The quantitative estimate of drug-likeness (QED) is 0.644. The maximum absolute atomic E-state index is 13.1. The smallest absolute Gasteiger partial charge is 0.236 e. The maximum atomic E-state index is 13.1. The molecule has 5 rings (SSSR count). The predicted octanol–water partition coefficient (Wildman–Crippen LogP) is 2.96. The van der Waals surface area contributed by atoms with Gasteiger partial charge in [0.2, 0.25) is 11.9 Å². The molecule has 0 unspecified atom stereocenters. The Labute approximate surface area is 180 Å². The van der Waals surface area contributed by atoms with E-state index in [0.29, 0.717) is 6.54 Å². The number of hydrogen-bond donors (Lipinski definition) is 0. The van der Waals surface area contributed by atoms with Crippen LogP contribution in [0, 0.1) is 0 Å². The Bertz CT molecular complexity index is 968. The highest BCUT2D eigenvalue weighted by atomic mass is 32.1. The van der Waals surface area contributed by atoms with Crippen molar-refractivity contribution in [3.63, 3.8) is 0 Å². The fraction of sp³-hybridized carbons (Fsp3) is 0.455. The first-order chi connectivity index (χ1) is 14.8. The van der Waals surface area contributed by atoms with Gasteiger partial charge in [0.05, 0.1) is 22.8 Å². The molecule has 2 aromatic heterocycles. The van der Waals surface area contributed by atoms with E-state index in [-0.39, 0.29) is 11.9 Å². The molecule has 0 radical (unpaired) electrons. The fourth-order valence-electron chi connectivity index (χ4n) is 4.38. The number of piperidine rings is 1. The van der Waals surface area contributed by atoms with Gasteiger partial charge >= 0.3 is 0 Å². The molecule has 0 aliphatic carbocycles. The van der Waals surface area contributed by atoms with Crippen LogP contribution in [-0.2, 0) is 4.79 Å². The first-order valence-corrected chi connectivity index (χ1v) is 11.5. The molecule has 4 heterocycles. The lowest BCUT2D eigenvalue weighted by Crippen LogP contribution is -2.52. The highest BCUT2D eigenvalue weighted by Gasteiger charge is 2.30. The van der Waals surface area contributed by atoms with Gasteiger partial charge in [-0.15, -0.1) is 11.3 Å². The molecular formula is C22H26N6OS. The Morgan fingerprint density at radius 2 is 1.80 bits per heavy atom. The summed E-state index contributed by atoms with van der Waals surface area (Å²) in [5.74, 6) is 0.966. The molecule has 0 bridgehead atoms. The number of para-hydroxylation sites is 1. The average Bonchev–Trinajstić information content (AvgIpc) is 3.24. The van der Waals surface area contributed by atoms with Gasteiger partial charge in [0.15, 0.2) is 0 Å². The summed E-state index contributed by atoms with van der Waals surface area (Å²) < 4.78 is 1.23. The van der Waals surface area contributed by atoms with Crippen molar-refractivity contribution in [2.45, 2.75) is 25.3 Å². The Morgan fingerprint density at radius 1 is 1.00 bits per heavy atom. The Balaban J connectivity index is 1.23. The van der Waals surface area contributed by atoms with Crippen LogP contribution in [0.1, 0.15) is 30.3 Å². The summed E-state index contributed by atoms with van der Waals surface area (Å²) >= 11 is 1.77. The van der Waals surface area contributed by atoms with Crippen LogP contribution in [0.5, 0.6) is 0 Å². The number of piperazine rings is 1. The number of thiazole rings is 1. The van der Waals surface area contributed by atoms with Crippen LogP contribution in [0.15, 0.2) is 42.7 Å². The van der Waals surface area contributed by atoms with Crippen molar-refractivity contribution in [3.05, 3.63) is 47.7 Å². The highest BCUT2D eigenvalue weighted by Crippen LogP contribution is 2.35. The van der Waals surface area contributed by atoms with Gasteiger partial charge in [0, 0.05) is 38.6 Å². The Kier molecular flexibility index (Phi) is 5.59. The van der Waals surface area contributed by atoms with E-state index in [0.717, 1.165) is 62.0 Å². The number of aromatic nitrogens is 3. The van der Waals surface area contributed by atoms with E-state index in [1.807, 2.05) is 17.0 Å². The van der Waals surface area contributed by atoms with Crippen LogP contribution in [0.25, 0.3) is 10.2 Å². The first-order valence-electron chi connectivity index (χ1n) is 10.7. The zero-order valence-electron chi connectivity index (χ0n) is 17.0. The number of carbonyl (C=O) groups is 1. The second kappa shape index (κ2) is 8.65. The van der Waals surface area contributed by atoms with Gasteiger partial charge < -0.3 is 9.80 Å². The predicted molar refractivity (Wildman–Crippen MR) is 119 cm³/mol. The summed E-state index contributed by atoms with van der Waals surface area (Å²) in [5.41, 5.74) is 1.06. The minimum Gasteiger partial charge on any atom is -0.338 e. The Hall–Kier alpha value is -2.58. The average molecular weight is 423 g/mol. The first kappa shape index (κ1) is 19.4. The molecule has 2 aliphatic heterocycles. The largest absolute Gasteiger partial charge is 0.338 e. The number of hydrogen-bond acceptors (Lipinski definition) is 7. The third-order valence-electron chi connectivity index (χ3n) is 6.01. The number of carbonyl (C=O) groups excluding carboxylic acids is 1. The lowest BCUT2D eigenvalue weighted by atomic mass is 10.0. The maximum Gasteiger partial charge on any atom is 0.236 e. The van der Waals surface area contributed by atoms with Crippen molar-refractivity contribution >= 4 is 33.4 Å². The molecule has 2 fully saturated rings. The van der Waals surface area contributed by atoms with Gasteiger partial charge in [-0.3, -0.25) is 9.69 Å². The molecule has 7 nitrogen and oxygen atoms in total. The van der Waals surface area contributed by atoms with Crippen molar-refractivity contribution in [2.24, 2.45) is 0 Å². The van der Waals surface area contributed by atoms with Gasteiger partial charge in [-0.25, -0.2) is 15.0 Å². The molecule has 0 N–H and O–H groups in total. The normalized spacial score (nSPS) is 20.6. The lowest BCUT2D eigenvalue weighted by Gasteiger charge is -2.38. The molecule has 1 atom stereocenters. The summed E-state index contributed by atoms with van der Waals surface area (Å²) in [4.78, 5) is 33.1. The molecule has 2 aliphatic rings. The third-order valence-corrected chi connectivity index (χ3v) is 7.15. The SMILES string of the molecule is O=C(CN1CCCC[C@@H]1c1nc2ccccc2s1)N1CCN(c2ncccn2)CC1. The van der Waals surface area contributed by atoms with Crippen molar-refractivity contribution in [1.29, 1.82) is 0 Å². The topological polar surface area (TPSA) is 65.5 Å². The number of anilines is 1. The molecule has 2 saturated heterocycles.